The maximum absolute atomic E-state index is 5.68. The van der Waals surface area contributed by atoms with Gasteiger partial charge in [0.05, 0.1) is 6.61 Å². The van der Waals surface area contributed by atoms with E-state index in [-0.39, 0.29) is 0 Å². The smallest absolute Gasteiger partial charge is 0.104 e. The Morgan fingerprint density at radius 1 is 1.17 bits per heavy atom. The zero-order valence-electron chi connectivity index (χ0n) is 11.2. The van der Waals surface area contributed by atoms with E-state index in [1.54, 1.807) is 0 Å². The summed E-state index contributed by atoms with van der Waals surface area (Å²) in [5.41, 5.74) is 7.69. The molecule has 0 fully saturated rings. The van der Waals surface area contributed by atoms with Crippen LogP contribution in [0.2, 0.25) is 0 Å². The summed E-state index contributed by atoms with van der Waals surface area (Å²) < 4.78 is 5.68. The first-order valence-electron chi connectivity index (χ1n) is 6.71. The summed E-state index contributed by atoms with van der Waals surface area (Å²) in [6, 6.07) is 7.90. The number of thiocarbonyl (C=S) groups is 1. The van der Waals surface area contributed by atoms with E-state index in [0.717, 1.165) is 24.2 Å². The molecule has 0 unspecified atom stereocenters. The lowest BCUT2D eigenvalue weighted by atomic mass is 10.1. The normalized spacial score (nSPS) is 10.5. The van der Waals surface area contributed by atoms with Crippen LogP contribution < -0.4 is 5.73 Å². The van der Waals surface area contributed by atoms with E-state index in [4.69, 9.17) is 22.7 Å². The molecule has 0 aliphatic heterocycles. The third kappa shape index (κ3) is 5.61. The number of ether oxygens (including phenoxy) is 1. The molecule has 1 aromatic carbocycles. The lowest BCUT2D eigenvalue weighted by molar-refractivity contribution is 0.116. The van der Waals surface area contributed by atoms with E-state index in [1.807, 2.05) is 24.3 Å². The zero-order valence-corrected chi connectivity index (χ0v) is 12.0. The minimum Gasteiger partial charge on any atom is -0.389 e. The van der Waals surface area contributed by atoms with Crippen LogP contribution in [0.1, 0.15) is 50.2 Å². The highest BCUT2D eigenvalue weighted by molar-refractivity contribution is 7.80. The Kier molecular flexibility index (Phi) is 7.62. The minimum absolute atomic E-state index is 0.442. The Bertz CT molecular complexity index is 365. The Morgan fingerprint density at radius 3 is 2.61 bits per heavy atom. The van der Waals surface area contributed by atoms with Crippen molar-refractivity contribution in [2.45, 2.75) is 45.6 Å². The highest BCUT2D eigenvalue weighted by atomic mass is 32.1. The highest BCUT2D eigenvalue weighted by Gasteiger charge is 2.03. The fourth-order valence-electron chi connectivity index (χ4n) is 1.88. The van der Waals surface area contributed by atoms with Crippen LogP contribution in [0.25, 0.3) is 0 Å². The lowest BCUT2D eigenvalue weighted by Gasteiger charge is -2.08. The van der Waals surface area contributed by atoms with Gasteiger partial charge in [0.25, 0.3) is 0 Å². The van der Waals surface area contributed by atoms with Crippen molar-refractivity contribution >= 4 is 17.2 Å². The number of benzene rings is 1. The summed E-state index contributed by atoms with van der Waals surface area (Å²) in [6.45, 7) is 3.64. The highest BCUT2D eigenvalue weighted by Crippen LogP contribution is 2.10. The fraction of sp³-hybridized carbons (Fsp3) is 0.533. The second-order valence-corrected chi connectivity index (χ2v) is 4.93. The van der Waals surface area contributed by atoms with E-state index < -0.39 is 0 Å². The lowest BCUT2D eigenvalue weighted by Crippen LogP contribution is -2.12. The zero-order chi connectivity index (χ0) is 13.2. The molecule has 0 bridgehead atoms. The molecule has 100 valence electrons. The SMILES string of the molecule is CCCCCCCOCc1ccccc1C(N)=S. The number of rotatable bonds is 9. The van der Waals surface area contributed by atoms with E-state index in [9.17, 15) is 0 Å². The second kappa shape index (κ2) is 9.06. The predicted molar refractivity (Wildman–Crippen MR) is 80.7 cm³/mol. The first-order valence-corrected chi connectivity index (χ1v) is 7.12. The van der Waals surface area contributed by atoms with Gasteiger partial charge in [0.2, 0.25) is 0 Å². The topological polar surface area (TPSA) is 35.2 Å². The van der Waals surface area contributed by atoms with Gasteiger partial charge in [0.15, 0.2) is 0 Å². The summed E-state index contributed by atoms with van der Waals surface area (Å²) in [6.07, 6.45) is 6.30. The third-order valence-corrected chi connectivity index (χ3v) is 3.15. The maximum Gasteiger partial charge on any atom is 0.104 e. The van der Waals surface area contributed by atoms with Crippen molar-refractivity contribution in [3.63, 3.8) is 0 Å². The summed E-state index contributed by atoms with van der Waals surface area (Å²) >= 11 is 5.02. The van der Waals surface area contributed by atoms with Crippen molar-refractivity contribution in [1.29, 1.82) is 0 Å². The molecule has 0 amide bonds. The molecule has 1 rings (SSSR count). The molecular formula is C15H23NOS. The van der Waals surface area contributed by atoms with Crippen molar-refractivity contribution in [3.8, 4) is 0 Å². The Morgan fingerprint density at radius 2 is 1.89 bits per heavy atom. The van der Waals surface area contributed by atoms with Crippen molar-refractivity contribution < 1.29 is 4.74 Å². The first-order chi connectivity index (χ1) is 8.75. The van der Waals surface area contributed by atoms with Gasteiger partial charge >= 0.3 is 0 Å². The van der Waals surface area contributed by atoms with Gasteiger partial charge in [-0.25, -0.2) is 0 Å². The molecule has 18 heavy (non-hydrogen) atoms. The van der Waals surface area contributed by atoms with Crippen LogP contribution in [0.15, 0.2) is 24.3 Å². The summed E-state index contributed by atoms with van der Waals surface area (Å²) in [5.74, 6) is 0. The van der Waals surface area contributed by atoms with Crippen molar-refractivity contribution in [2.24, 2.45) is 5.73 Å². The summed E-state index contributed by atoms with van der Waals surface area (Å²) in [5, 5.41) is 0. The molecule has 2 N–H and O–H groups in total. The number of unbranched alkanes of at least 4 members (excludes halogenated alkanes) is 4. The predicted octanol–water partition coefficient (Wildman–Crippen LogP) is 3.81. The average Bonchev–Trinajstić information content (AvgIpc) is 2.38. The molecule has 1 aromatic rings. The first kappa shape index (κ1) is 15.1. The monoisotopic (exact) mass is 265 g/mol. The van der Waals surface area contributed by atoms with Gasteiger partial charge in [-0.15, -0.1) is 0 Å². The van der Waals surface area contributed by atoms with Gasteiger partial charge in [-0.05, 0) is 12.0 Å². The van der Waals surface area contributed by atoms with Crippen LogP contribution in [0.5, 0.6) is 0 Å². The molecule has 0 aliphatic carbocycles. The number of hydrogen-bond acceptors (Lipinski definition) is 2. The minimum atomic E-state index is 0.442. The van der Waals surface area contributed by atoms with Gasteiger partial charge in [0.1, 0.15) is 4.99 Å². The molecule has 0 radical (unpaired) electrons. The third-order valence-electron chi connectivity index (χ3n) is 2.93. The molecule has 0 saturated heterocycles. The van der Waals surface area contributed by atoms with Gasteiger partial charge in [0, 0.05) is 12.2 Å². The fourth-order valence-corrected chi connectivity index (χ4v) is 2.08. The van der Waals surface area contributed by atoms with Crippen LogP contribution in [0.4, 0.5) is 0 Å². The van der Waals surface area contributed by atoms with Crippen molar-refractivity contribution in [2.75, 3.05) is 6.61 Å². The second-order valence-electron chi connectivity index (χ2n) is 4.49. The van der Waals surface area contributed by atoms with Gasteiger partial charge < -0.3 is 10.5 Å². The van der Waals surface area contributed by atoms with Crippen LogP contribution in [0, 0.1) is 0 Å². The number of nitrogens with two attached hydrogens (primary N) is 1. The van der Waals surface area contributed by atoms with Crippen LogP contribution in [0.3, 0.4) is 0 Å². The summed E-state index contributed by atoms with van der Waals surface area (Å²) in [7, 11) is 0. The Labute approximate surface area is 116 Å². The quantitative estimate of drug-likeness (QED) is 0.545. The molecule has 0 aromatic heterocycles. The molecule has 0 aliphatic rings. The molecule has 0 saturated carbocycles. The Balaban J connectivity index is 2.25. The molecule has 0 spiro atoms. The average molecular weight is 265 g/mol. The van der Waals surface area contributed by atoms with Crippen LogP contribution in [-0.2, 0) is 11.3 Å². The van der Waals surface area contributed by atoms with Crippen molar-refractivity contribution in [3.05, 3.63) is 35.4 Å². The van der Waals surface area contributed by atoms with E-state index >= 15 is 0 Å². The van der Waals surface area contributed by atoms with Crippen LogP contribution >= 0.6 is 12.2 Å². The molecule has 2 nitrogen and oxygen atoms in total. The Hall–Kier alpha value is -0.930. The maximum atomic E-state index is 5.68. The number of hydrogen-bond donors (Lipinski definition) is 1. The van der Waals surface area contributed by atoms with Crippen LogP contribution in [-0.4, -0.2) is 11.6 Å². The largest absolute Gasteiger partial charge is 0.389 e. The van der Waals surface area contributed by atoms with Gasteiger partial charge in [-0.2, -0.15) is 0 Å². The molecular weight excluding hydrogens is 242 g/mol. The molecule has 0 heterocycles. The molecule has 0 atom stereocenters. The van der Waals surface area contributed by atoms with E-state index in [1.165, 1.54) is 25.7 Å². The van der Waals surface area contributed by atoms with Gasteiger partial charge in [-0.3, -0.25) is 0 Å². The van der Waals surface area contributed by atoms with E-state index in [0.29, 0.717) is 11.6 Å². The molecule has 3 heteroatoms. The van der Waals surface area contributed by atoms with Gasteiger partial charge in [-0.1, -0.05) is 69.1 Å². The standard InChI is InChI=1S/C15H23NOS/c1-2-3-4-5-8-11-17-12-13-9-6-7-10-14(13)15(16)18/h6-7,9-10H,2-5,8,11-12H2,1H3,(H2,16,18). The summed E-state index contributed by atoms with van der Waals surface area (Å²) in [4.78, 5) is 0.442. The van der Waals surface area contributed by atoms with E-state index in [2.05, 4.69) is 6.92 Å². The van der Waals surface area contributed by atoms with Crippen molar-refractivity contribution in [1.82, 2.24) is 0 Å².